The number of nitrogens with zero attached hydrogens (tertiary/aromatic N) is 1. The van der Waals surface area contributed by atoms with Crippen LogP contribution in [0.5, 0.6) is 0 Å². The molecule has 6 heteroatoms. The summed E-state index contributed by atoms with van der Waals surface area (Å²) < 4.78 is 0. The molecule has 0 aromatic rings. The average Bonchev–Trinajstić information content (AvgIpc) is 2.41. The normalized spacial score (nSPS) is 18.9. The molecule has 1 fully saturated rings. The summed E-state index contributed by atoms with van der Waals surface area (Å²) in [5.74, 6) is 0.202. The van der Waals surface area contributed by atoms with Crippen molar-refractivity contribution in [2.75, 3.05) is 19.6 Å². The van der Waals surface area contributed by atoms with Crippen LogP contribution in [0.3, 0.4) is 0 Å². The summed E-state index contributed by atoms with van der Waals surface area (Å²) in [6.07, 6.45) is 4.43. The lowest BCUT2D eigenvalue weighted by atomic mass is 9.96. The average molecular weight is 320 g/mol. The fourth-order valence-electron chi connectivity index (χ4n) is 2.42. The number of hydrogen-bond acceptors (Lipinski definition) is 3. The van der Waals surface area contributed by atoms with Gasteiger partial charge in [-0.05, 0) is 25.7 Å². The number of hydrogen-bond donors (Lipinski definition) is 2. The van der Waals surface area contributed by atoms with Crippen LogP contribution in [0.25, 0.3) is 0 Å². The monoisotopic (exact) mass is 319 g/mol. The molecule has 5 nitrogen and oxygen atoms in total. The Kier molecular flexibility index (Phi) is 8.90. The Morgan fingerprint density at radius 2 is 1.95 bits per heavy atom. The van der Waals surface area contributed by atoms with Gasteiger partial charge in [0.15, 0.2) is 0 Å². The number of nitrogens with one attached hydrogen (secondary N) is 1. The summed E-state index contributed by atoms with van der Waals surface area (Å²) in [6, 6.07) is 0.209. The van der Waals surface area contributed by atoms with E-state index in [0.717, 1.165) is 25.8 Å². The first-order chi connectivity index (χ1) is 9.36. The molecule has 1 aliphatic rings. The Hall–Kier alpha value is -0.810. The van der Waals surface area contributed by atoms with Crippen molar-refractivity contribution in [2.45, 2.75) is 58.9 Å². The van der Waals surface area contributed by atoms with Crippen molar-refractivity contribution in [3.8, 4) is 0 Å². The molecule has 0 aromatic carbocycles. The third-order valence-corrected chi connectivity index (χ3v) is 3.75. The highest BCUT2D eigenvalue weighted by atomic mass is 35.5. The van der Waals surface area contributed by atoms with Gasteiger partial charge in [-0.2, -0.15) is 0 Å². The molecule has 3 N–H and O–H groups in total. The zero-order valence-electron chi connectivity index (χ0n) is 13.5. The lowest BCUT2D eigenvalue weighted by Crippen LogP contribution is -2.47. The SMILES string of the molecule is CC(C)(C)C(=O)NCCCC(=O)N1CCCCC1CN.Cl. The Balaban J connectivity index is 0.00000400. The zero-order valence-corrected chi connectivity index (χ0v) is 14.3. The van der Waals surface area contributed by atoms with Crippen LogP contribution < -0.4 is 11.1 Å². The molecule has 0 aliphatic carbocycles. The topological polar surface area (TPSA) is 75.4 Å². The molecule has 1 heterocycles. The smallest absolute Gasteiger partial charge is 0.225 e. The minimum Gasteiger partial charge on any atom is -0.356 e. The molecule has 0 spiro atoms. The van der Waals surface area contributed by atoms with Gasteiger partial charge in [0, 0.05) is 37.5 Å². The molecule has 0 radical (unpaired) electrons. The minimum atomic E-state index is -0.373. The summed E-state index contributed by atoms with van der Waals surface area (Å²) in [5, 5.41) is 2.87. The molecule has 1 unspecified atom stereocenters. The largest absolute Gasteiger partial charge is 0.356 e. The highest BCUT2D eigenvalue weighted by Crippen LogP contribution is 2.17. The first kappa shape index (κ1) is 20.2. The van der Waals surface area contributed by atoms with E-state index in [1.807, 2.05) is 25.7 Å². The number of amides is 2. The molecular formula is C15H30ClN3O2. The molecule has 124 valence electrons. The van der Waals surface area contributed by atoms with Crippen molar-refractivity contribution >= 4 is 24.2 Å². The van der Waals surface area contributed by atoms with E-state index in [-0.39, 0.29) is 35.7 Å². The standard InChI is InChI=1S/C15H29N3O2.ClH/c1-15(2,3)14(20)17-9-6-8-13(19)18-10-5-4-7-12(18)11-16;/h12H,4-11,16H2,1-3H3,(H,17,20);1H. The van der Waals surface area contributed by atoms with E-state index in [0.29, 0.717) is 25.9 Å². The second kappa shape index (κ2) is 9.26. The van der Waals surface area contributed by atoms with E-state index in [1.54, 1.807) is 0 Å². The fraction of sp³-hybridized carbons (Fsp3) is 0.867. The van der Waals surface area contributed by atoms with Gasteiger partial charge in [-0.15, -0.1) is 12.4 Å². The van der Waals surface area contributed by atoms with Crippen LogP contribution in [-0.2, 0) is 9.59 Å². The van der Waals surface area contributed by atoms with Crippen molar-refractivity contribution in [1.82, 2.24) is 10.2 Å². The van der Waals surface area contributed by atoms with Gasteiger partial charge in [-0.25, -0.2) is 0 Å². The molecule has 2 amide bonds. The van der Waals surface area contributed by atoms with Gasteiger partial charge in [-0.1, -0.05) is 20.8 Å². The number of halogens is 1. The van der Waals surface area contributed by atoms with Crippen molar-refractivity contribution in [2.24, 2.45) is 11.1 Å². The fourth-order valence-corrected chi connectivity index (χ4v) is 2.42. The van der Waals surface area contributed by atoms with Crippen LogP contribution in [0.4, 0.5) is 0 Å². The maximum Gasteiger partial charge on any atom is 0.225 e. The van der Waals surface area contributed by atoms with E-state index in [1.165, 1.54) is 0 Å². The molecule has 0 aromatic heterocycles. The van der Waals surface area contributed by atoms with Crippen LogP contribution in [0, 0.1) is 5.41 Å². The summed E-state index contributed by atoms with van der Waals surface area (Å²) >= 11 is 0. The van der Waals surface area contributed by atoms with Crippen LogP contribution in [0.15, 0.2) is 0 Å². The number of rotatable bonds is 5. The first-order valence-electron chi connectivity index (χ1n) is 7.64. The summed E-state index contributed by atoms with van der Waals surface area (Å²) in [5.41, 5.74) is 5.35. The second-order valence-electron chi connectivity index (χ2n) is 6.58. The number of likely N-dealkylation sites (tertiary alicyclic amines) is 1. The predicted octanol–water partition coefficient (Wildman–Crippen LogP) is 1.69. The zero-order chi connectivity index (χ0) is 15.2. The van der Waals surface area contributed by atoms with Gasteiger partial charge in [0.05, 0.1) is 0 Å². The van der Waals surface area contributed by atoms with E-state index in [9.17, 15) is 9.59 Å². The highest BCUT2D eigenvalue weighted by Gasteiger charge is 2.25. The van der Waals surface area contributed by atoms with Gasteiger partial charge in [0.25, 0.3) is 0 Å². The number of piperidine rings is 1. The molecular weight excluding hydrogens is 290 g/mol. The van der Waals surface area contributed by atoms with Gasteiger partial charge in [-0.3, -0.25) is 9.59 Å². The van der Waals surface area contributed by atoms with Gasteiger partial charge in [0.2, 0.25) is 11.8 Å². The molecule has 0 saturated carbocycles. The predicted molar refractivity (Wildman–Crippen MR) is 87.4 cm³/mol. The maximum atomic E-state index is 12.2. The molecule has 1 aliphatic heterocycles. The quantitative estimate of drug-likeness (QED) is 0.757. The van der Waals surface area contributed by atoms with Crippen LogP contribution >= 0.6 is 12.4 Å². The third kappa shape index (κ3) is 6.66. The van der Waals surface area contributed by atoms with Gasteiger partial charge < -0.3 is 16.0 Å². The van der Waals surface area contributed by atoms with E-state index in [2.05, 4.69) is 5.32 Å². The van der Waals surface area contributed by atoms with Crippen molar-refractivity contribution in [1.29, 1.82) is 0 Å². The molecule has 1 saturated heterocycles. The lowest BCUT2D eigenvalue weighted by Gasteiger charge is -2.35. The molecule has 1 rings (SSSR count). The summed E-state index contributed by atoms with van der Waals surface area (Å²) in [6.45, 7) is 7.58. The van der Waals surface area contributed by atoms with E-state index in [4.69, 9.17) is 5.73 Å². The summed E-state index contributed by atoms with van der Waals surface area (Å²) in [7, 11) is 0. The summed E-state index contributed by atoms with van der Waals surface area (Å²) in [4.78, 5) is 25.8. The lowest BCUT2D eigenvalue weighted by molar-refractivity contribution is -0.135. The molecule has 21 heavy (non-hydrogen) atoms. The number of carbonyl (C=O) groups is 2. The first-order valence-corrected chi connectivity index (χ1v) is 7.64. The van der Waals surface area contributed by atoms with Crippen molar-refractivity contribution in [3.63, 3.8) is 0 Å². The number of nitrogens with two attached hydrogens (primary N) is 1. The maximum absolute atomic E-state index is 12.2. The minimum absolute atomic E-state index is 0. The van der Waals surface area contributed by atoms with E-state index < -0.39 is 0 Å². The van der Waals surface area contributed by atoms with Crippen LogP contribution in [-0.4, -0.2) is 42.4 Å². The third-order valence-electron chi connectivity index (χ3n) is 3.75. The van der Waals surface area contributed by atoms with Gasteiger partial charge in [0.1, 0.15) is 0 Å². The Bertz CT molecular complexity index is 342. The van der Waals surface area contributed by atoms with Crippen LogP contribution in [0.2, 0.25) is 0 Å². The van der Waals surface area contributed by atoms with E-state index >= 15 is 0 Å². The molecule has 1 atom stereocenters. The van der Waals surface area contributed by atoms with Crippen molar-refractivity contribution < 1.29 is 9.59 Å². The second-order valence-corrected chi connectivity index (χ2v) is 6.58. The Morgan fingerprint density at radius 1 is 1.29 bits per heavy atom. The highest BCUT2D eigenvalue weighted by molar-refractivity contribution is 5.85. The van der Waals surface area contributed by atoms with Crippen LogP contribution in [0.1, 0.15) is 52.9 Å². The Morgan fingerprint density at radius 3 is 2.52 bits per heavy atom. The Labute approximate surface area is 134 Å². The number of carbonyl (C=O) groups excluding carboxylic acids is 2. The van der Waals surface area contributed by atoms with Gasteiger partial charge >= 0.3 is 0 Å². The van der Waals surface area contributed by atoms with Crippen molar-refractivity contribution in [3.05, 3.63) is 0 Å². The molecule has 0 bridgehead atoms.